The molecule has 0 spiro atoms. The molecule has 0 amide bonds. The number of nitrogens with zero attached hydrogens (tertiary/aromatic N) is 2. The number of para-hydroxylation sites is 3. The van der Waals surface area contributed by atoms with E-state index in [0.717, 1.165) is 33.6 Å². The largest absolute Gasteiger partial charge is 0.384 e. The summed E-state index contributed by atoms with van der Waals surface area (Å²) in [5.41, 5.74) is 5.60. The third-order valence-electron chi connectivity index (χ3n) is 7.19. The highest BCUT2D eigenvalue weighted by Gasteiger charge is 2.38. The van der Waals surface area contributed by atoms with Gasteiger partial charge in [0.2, 0.25) is 0 Å². The van der Waals surface area contributed by atoms with E-state index < -0.39 is 0 Å². The van der Waals surface area contributed by atoms with Crippen molar-refractivity contribution in [1.82, 2.24) is 0 Å². The van der Waals surface area contributed by atoms with Gasteiger partial charge in [-0.05, 0) is 60.2 Å². The Kier molecular flexibility index (Phi) is 7.02. The van der Waals surface area contributed by atoms with Crippen LogP contribution in [0, 0.1) is 5.92 Å². The molecule has 40 heavy (non-hydrogen) atoms. The van der Waals surface area contributed by atoms with Crippen LogP contribution in [0.2, 0.25) is 5.02 Å². The lowest BCUT2D eigenvalue weighted by Crippen LogP contribution is -2.39. The second kappa shape index (κ2) is 11.1. The molecule has 0 saturated carbocycles. The summed E-state index contributed by atoms with van der Waals surface area (Å²) in [5.74, 6) is 1.06. The van der Waals surface area contributed by atoms with Crippen molar-refractivity contribution < 1.29 is 0 Å². The second-order valence-electron chi connectivity index (χ2n) is 9.76. The number of fused-ring (bicyclic) bond motifs is 3. The summed E-state index contributed by atoms with van der Waals surface area (Å²) in [6.45, 7) is 0.688. The molecule has 0 saturated heterocycles. The van der Waals surface area contributed by atoms with Crippen LogP contribution in [0.25, 0.3) is 0 Å². The summed E-state index contributed by atoms with van der Waals surface area (Å²) in [5, 5.41) is 4.56. The van der Waals surface area contributed by atoms with Gasteiger partial charge in [-0.25, -0.2) is 4.99 Å². The number of aliphatic imine (C=N–C) groups is 1. The van der Waals surface area contributed by atoms with Crippen LogP contribution in [-0.4, -0.2) is 12.4 Å². The average molecular weight is 576 g/mol. The number of benzene rings is 5. The monoisotopic (exact) mass is 575 g/mol. The van der Waals surface area contributed by atoms with Crippen LogP contribution in [0.15, 0.2) is 147 Å². The fraction of sp³-hybridized carbons (Fsp3) is 0.0882. The fourth-order valence-electron chi connectivity index (χ4n) is 5.34. The lowest BCUT2D eigenvalue weighted by atomic mass is 9.95. The maximum absolute atomic E-state index is 6.36. The number of hydrogen-bond donors (Lipinski definition) is 1. The number of nitrogens with one attached hydrogen (secondary N) is 1. The first kappa shape index (κ1) is 25.3. The van der Waals surface area contributed by atoms with E-state index in [-0.39, 0.29) is 11.2 Å². The van der Waals surface area contributed by atoms with Crippen molar-refractivity contribution in [1.29, 1.82) is 0 Å². The highest BCUT2D eigenvalue weighted by atomic mass is 35.5. The third-order valence-corrected chi connectivity index (χ3v) is 10.0. The molecule has 1 N–H and O–H groups in total. The molecule has 0 radical (unpaired) electrons. The lowest BCUT2D eigenvalue weighted by Gasteiger charge is -2.38. The van der Waals surface area contributed by atoms with Gasteiger partial charge in [-0.15, -0.1) is 11.8 Å². The van der Waals surface area contributed by atoms with Crippen molar-refractivity contribution in [2.45, 2.75) is 19.9 Å². The quantitative estimate of drug-likeness (QED) is 0.231. The zero-order valence-corrected chi connectivity index (χ0v) is 24.0. The molecule has 2 unspecified atom stereocenters. The van der Waals surface area contributed by atoms with E-state index in [0.29, 0.717) is 6.54 Å². The first-order valence-corrected chi connectivity index (χ1v) is 15.4. The topological polar surface area (TPSA) is 27.6 Å². The van der Waals surface area contributed by atoms with Gasteiger partial charge >= 0.3 is 0 Å². The molecule has 0 aliphatic carbocycles. The number of anilines is 3. The molecule has 0 aromatic heterocycles. The van der Waals surface area contributed by atoms with Crippen LogP contribution in [-0.2, 0) is 0 Å². The number of amidine groups is 1. The van der Waals surface area contributed by atoms with Gasteiger partial charge in [-0.3, -0.25) is 4.90 Å². The Labute approximate surface area is 248 Å². The van der Waals surface area contributed by atoms with Crippen molar-refractivity contribution in [2.75, 3.05) is 16.8 Å². The molecular weight excluding hydrogens is 550 g/mol. The zero-order chi connectivity index (χ0) is 26.9. The standard InChI is InChI=1S/C34H26ClN3S2/c35-24-13-10-14-25(21-24)36-22-26-33(23-11-2-1-3-12-23)40-30-18-7-4-15-27(30)37-34(26)38-28-16-5-8-19-31(28)39-32-20-9-6-17-29(32)38/h1-21,26,33,36H,22H2. The van der Waals surface area contributed by atoms with E-state index >= 15 is 0 Å². The van der Waals surface area contributed by atoms with E-state index in [1.54, 1.807) is 0 Å². The SMILES string of the molecule is Clc1cccc(NCC2C(N3c4ccccc4Sc4ccccc43)=Nc3ccccc3SC2c2ccccc2)c1. The van der Waals surface area contributed by atoms with Crippen LogP contribution in [0.4, 0.5) is 22.7 Å². The molecule has 7 rings (SSSR count). The number of halogens is 1. The molecule has 5 aromatic rings. The van der Waals surface area contributed by atoms with Crippen molar-refractivity contribution in [3.63, 3.8) is 0 Å². The van der Waals surface area contributed by atoms with Gasteiger partial charge in [-0.1, -0.05) is 96.2 Å². The van der Waals surface area contributed by atoms with Crippen LogP contribution in [0.1, 0.15) is 10.8 Å². The molecule has 5 aromatic carbocycles. The first-order valence-electron chi connectivity index (χ1n) is 13.3. The normalized spacial score (nSPS) is 17.6. The molecule has 2 aliphatic rings. The average Bonchev–Trinajstić information content (AvgIpc) is 3.16. The third kappa shape index (κ3) is 4.90. The Morgan fingerprint density at radius 3 is 2.08 bits per heavy atom. The smallest absolute Gasteiger partial charge is 0.120 e. The number of hydrogen-bond acceptors (Lipinski definition) is 5. The predicted octanol–water partition coefficient (Wildman–Crippen LogP) is 10.2. The maximum atomic E-state index is 6.36. The van der Waals surface area contributed by atoms with Crippen LogP contribution < -0.4 is 10.2 Å². The minimum absolute atomic E-state index is 0.0305. The lowest BCUT2D eigenvalue weighted by molar-refractivity contribution is 0.698. The minimum atomic E-state index is 0.0305. The molecule has 0 bridgehead atoms. The highest BCUT2D eigenvalue weighted by Crippen LogP contribution is 2.53. The van der Waals surface area contributed by atoms with Crippen molar-refractivity contribution in [2.24, 2.45) is 10.9 Å². The van der Waals surface area contributed by atoms with Gasteiger partial charge in [0, 0.05) is 37.2 Å². The molecule has 196 valence electrons. The molecular formula is C34H26ClN3S2. The van der Waals surface area contributed by atoms with Crippen LogP contribution in [0.3, 0.4) is 0 Å². The predicted molar refractivity (Wildman–Crippen MR) is 171 cm³/mol. The van der Waals surface area contributed by atoms with Crippen molar-refractivity contribution in [3.8, 4) is 0 Å². The van der Waals surface area contributed by atoms with Crippen molar-refractivity contribution in [3.05, 3.63) is 138 Å². The Morgan fingerprint density at radius 1 is 0.700 bits per heavy atom. The Morgan fingerprint density at radius 2 is 1.35 bits per heavy atom. The summed E-state index contributed by atoms with van der Waals surface area (Å²) in [6.07, 6.45) is 0. The summed E-state index contributed by atoms with van der Waals surface area (Å²) in [7, 11) is 0. The summed E-state index contributed by atoms with van der Waals surface area (Å²) in [4.78, 5) is 11.5. The van der Waals surface area contributed by atoms with Gasteiger partial charge in [0.25, 0.3) is 0 Å². The molecule has 2 aliphatic heterocycles. The van der Waals surface area contributed by atoms with E-state index in [1.807, 2.05) is 41.7 Å². The van der Waals surface area contributed by atoms with Crippen LogP contribution in [0.5, 0.6) is 0 Å². The maximum Gasteiger partial charge on any atom is 0.120 e. The van der Waals surface area contributed by atoms with Gasteiger partial charge in [0.15, 0.2) is 0 Å². The number of rotatable bonds is 4. The summed E-state index contributed by atoms with van der Waals surface area (Å²) >= 11 is 10.1. The van der Waals surface area contributed by atoms with Gasteiger partial charge in [-0.2, -0.15) is 0 Å². The van der Waals surface area contributed by atoms with Gasteiger partial charge in [0.05, 0.1) is 23.0 Å². The summed E-state index contributed by atoms with van der Waals surface area (Å²) in [6, 6.07) is 44.6. The summed E-state index contributed by atoms with van der Waals surface area (Å²) < 4.78 is 0. The first-order chi connectivity index (χ1) is 19.7. The molecule has 6 heteroatoms. The Bertz CT molecular complexity index is 1660. The van der Waals surface area contributed by atoms with Crippen LogP contribution >= 0.6 is 35.1 Å². The Balaban J connectivity index is 1.43. The van der Waals surface area contributed by atoms with E-state index in [1.165, 1.54) is 20.2 Å². The van der Waals surface area contributed by atoms with Crippen molar-refractivity contribution >= 4 is 63.7 Å². The van der Waals surface area contributed by atoms with Gasteiger partial charge < -0.3 is 5.32 Å². The van der Waals surface area contributed by atoms with E-state index in [2.05, 4.69) is 119 Å². The highest BCUT2D eigenvalue weighted by molar-refractivity contribution is 8.00. The Hall–Kier alpha value is -3.64. The second-order valence-corrected chi connectivity index (χ2v) is 12.5. The molecule has 0 fully saturated rings. The van der Waals surface area contributed by atoms with E-state index in [9.17, 15) is 0 Å². The molecule has 2 atom stereocenters. The number of thioether (sulfide) groups is 1. The van der Waals surface area contributed by atoms with E-state index in [4.69, 9.17) is 16.6 Å². The zero-order valence-electron chi connectivity index (χ0n) is 21.6. The molecule has 3 nitrogen and oxygen atoms in total. The molecule has 2 heterocycles. The van der Waals surface area contributed by atoms with Gasteiger partial charge in [0.1, 0.15) is 5.84 Å². The fourth-order valence-corrected chi connectivity index (χ4v) is 7.93. The minimum Gasteiger partial charge on any atom is -0.384 e.